The van der Waals surface area contributed by atoms with E-state index in [1.54, 1.807) is 0 Å². The van der Waals surface area contributed by atoms with E-state index in [-0.39, 0.29) is 5.91 Å². The molecule has 3 rings (SSSR count). The van der Waals surface area contributed by atoms with Crippen LogP contribution in [0.5, 0.6) is 0 Å². The number of nitrogens with one attached hydrogen (secondary N) is 1. The fraction of sp³-hybridized carbons (Fsp3) is 0.435. The molecule has 4 nitrogen and oxygen atoms in total. The summed E-state index contributed by atoms with van der Waals surface area (Å²) in [5.41, 5.74) is 1.88. The molecule has 27 heavy (non-hydrogen) atoms. The molecule has 1 fully saturated rings. The smallest absolute Gasteiger partial charge is 0.230 e. The van der Waals surface area contributed by atoms with E-state index in [1.807, 2.05) is 24.3 Å². The fourth-order valence-corrected chi connectivity index (χ4v) is 3.87. The van der Waals surface area contributed by atoms with Crippen LogP contribution in [0.4, 0.5) is 5.69 Å². The molecule has 0 radical (unpaired) electrons. The lowest BCUT2D eigenvalue weighted by atomic mass is 9.73. The number of carbonyl (C=O) groups excluding carboxylic acids is 1. The van der Waals surface area contributed by atoms with Gasteiger partial charge in [0.25, 0.3) is 0 Å². The zero-order chi connectivity index (χ0) is 19.0. The van der Waals surface area contributed by atoms with Crippen LogP contribution in [0.15, 0.2) is 60.7 Å². The quantitative estimate of drug-likeness (QED) is 0.723. The lowest BCUT2D eigenvalue weighted by Gasteiger charge is -2.36. The summed E-state index contributed by atoms with van der Waals surface area (Å²) in [6.07, 6.45) is 2.41. The maximum atomic E-state index is 13.1. The van der Waals surface area contributed by atoms with Gasteiger partial charge < -0.3 is 15.0 Å². The zero-order valence-electron chi connectivity index (χ0n) is 16.2. The van der Waals surface area contributed by atoms with Crippen molar-refractivity contribution in [3.8, 4) is 0 Å². The third kappa shape index (κ3) is 4.69. The number of nitrogens with zero attached hydrogens (tertiary/aromatic N) is 1. The fourth-order valence-electron chi connectivity index (χ4n) is 3.87. The normalized spacial score (nSPS) is 15.9. The van der Waals surface area contributed by atoms with Gasteiger partial charge in [0.1, 0.15) is 0 Å². The van der Waals surface area contributed by atoms with Crippen LogP contribution in [0.3, 0.4) is 0 Å². The van der Waals surface area contributed by atoms with Crippen molar-refractivity contribution in [3.63, 3.8) is 0 Å². The third-order valence-electron chi connectivity index (χ3n) is 5.50. The topological polar surface area (TPSA) is 41.6 Å². The number of carbonyl (C=O) groups is 1. The molecule has 1 heterocycles. The van der Waals surface area contributed by atoms with Gasteiger partial charge in [0, 0.05) is 38.5 Å². The van der Waals surface area contributed by atoms with Crippen LogP contribution in [-0.2, 0) is 14.9 Å². The minimum atomic E-state index is -0.455. The van der Waals surface area contributed by atoms with Gasteiger partial charge in [-0.3, -0.25) is 4.79 Å². The number of benzene rings is 2. The van der Waals surface area contributed by atoms with E-state index < -0.39 is 5.41 Å². The van der Waals surface area contributed by atoms with Gasteiger partial charge in [0.2, 0.25) is 5.91 Å². The molecule has 2 aromatic rings. The van der Waals surface area contributed by atoms with E-state index in [4.69, 9.17) is 4.74 Å². The molecule has 2 aromatic carbocycles. The molecule has 1 amide bonds. The average Bonchev–Trinajstić information content (AvgIpc) is 2.75. The first kappa shape index (κ1) is 19.4. The minimum absolute atomic E-state index is 0.139. The van der Waals surface area contributed by atoms with E-state index in [1.165, 1.54) is 5.69 Å². The third-order valence-corrected chi connectivity index (χ3v) is 5.50. The molecular weight excluding hydrogens is 336 g/mol. The van der Waals surface area contributed by atoms with Crippen LogP contribution in [0, 0.1) is 0 Å². The standard InChI is InChI=1S/C23H30N2O2/c1-2-25(21-12-7-4-8-13-21)17-9-16-24-22(26)23(14-18-27-19-15-23)20-10-5-3-6-11-20/h3-8,10-13H,2,9,14-19H2,1H3,(H,24,26). The van der Waals surface area contributed by atoms with Crippen molar-refractivity contribution in [1.82, 2.24) is 5.32 Å². The number of amides is 1. The highest BCUT2D eigenvalue weighted by Crippen LogP contribution is 2.35. The highest BCUT2D eigenvalue weighted by molar-refractivity contribution is 5.88. The minimum Gasteiger partial charge on any atom is -0.381 e. The number of anilines is 1. The average molecular weight is 367 g/mol. The number of hydrogen-bond donors (Lipinski definition) is 1. The summed E-state index contributed by atoms with van der Waals surface area (Å²) < 4.78 is 5.53. The summed E-state index contributed by atoms with van der Waals surface area (Å²) in [7, 11) is 0. The van der Waals surface area contributed by atoms with Gasteiger partial charge in [-0.25, -0.2) is 0 Å². The molecular formula is C23H30N2O2. The Morgan fingerprint density at radius 3 is 2.30 bits per heavy atom. The van der Waals surface area contributed by atoms with Gasteiger partial charge in [-0.2, -0.15) is 0 Å². The molecule has 0 spiro atoms. The van der Waals surface area contributed by atoms with E-state index in [0.29, 0.717) is 19.8 Å². The summed E-state index contributed by atoms with van der Waals surface area (Å²) in [6.45, 7) is 6.03. The number of rotatable bonds is 8. The van der Waals surface area contributed by atoms with Crippen LogP contribution >= 0.6 is 0 Å². The summed E-state index contributed by atoms with van der Waals surface area (Å²) in [6, 6.07) is 20.6. The van der Waals surface area contributed by atoms with Gasteiger partial charge in [0.15, 0.2) is 0 Å². The van der Waals surface area contributed by atoms with E-state index in [2.05, 4.69) is 53.5 Å². The lowest BCUT2D eigenvalue weighted by Crippen LogP contribution is -2.48. The van der Waals surface area contributed by atoms with Crippen LogP contribution in [-0.4, -0.2) is 38.8 Å². The Morgan fingerprint density at radius 1 is 1.04 bits per heavy atom. The highest BCUT2D eigenvalue weighted by Gasteiger charge is 2.41. The Kier molecular flexibility index (Phi) is 6.88. The molecule has 4 heteroatoms. The van der Waals surface area contributed by atoms with Crippen molar-refractivity contribution < 1.29 is 9.53 Å². The van der Waals surface area contributed by atoms with E-state index >= 15 is 0 Å². The van der Waals surface area contributed by atoms with E-state index in [9.17, 15) is 4.79 Å². The highest BCUT2D eigenvalue weighted by atomic mass is 16.5. The molecule has 0 saturated carbocycles. The second-order valence-corrected chi connectivity index (χ2v) is 7.09. The van der Waals surface area contributed by atoms with Crippen molar-refractivity contribution in [1.29, 1.82) is 0 Å². The Bertz CT molecular complexity index is 697. The van der Waals surface area contributed by atoms with Gasteiger partial charge in [-0.15, -0.1) is 0 Å². The van der Waals surface area contributed by atoms with Crippen molar-refractivity contribution in [2.24, 2.45) is 0 Å². The molecule has 0 aromatic heterocycles. The maximum Gasteiger partial charge on any atom is 0.230 e. The zero-order valence-corrected chi connectivity index (χ0v) is 16.2. The predicted octanol–water partition coefficient (Wildman–Crippen LogP) is 3.77. The van der Waals surface area contributed by atoms with Crippen molar-refractivity contribution in [2.45, 2.75) is 31.6 Å². The predicted molar refractivity (Wildman–Crippen MR) is 110 cm³/mol. The van der Waals surface area contributed by atoms with Gasteiger partial charge >= 0.3 is 0 Å². The maximum absolute atomic E-state index is 13.1. The van der Waals surface area contributed by atoms with Gasteiger partial charge in [-0.1, -0.05) is 48.5 Å². The molecule has 1 saturated heterocycles. The molecule has 1 aliphatic heterocycles. The Balaban J connectivity index is 1.57. The second kappa shape index (κ2) is 9.56. The molecule has 0 atom stereocenters. The summed E-state index contributed by atoms with van der Waals surface area (Å²) in [5.74, 6) is 0.139. The van der Waals surface area contributed by atoms with Crippen LogP contribution in [0.1, 0.15) is 31.7 Å². The summed E-state index contributed by atoms with van der Waals surface area (Å²) >= 11 is 0. The van der Waals surface area contributed by atoms with Gasteiger partial charge in [0.05, 0.1) is 5.41 Å². The summed E-state index contributed by atoms with van der Waals surface area (Å²) in [4.78, 5) is 15.5. The summed E-state index contributed by atoms with van der Waals surface area (Å²) in [5, 5.41) is 3.20. The molecule has 1 N–H and O–H groups in total. The van der Waals surface area contributed by atoms with Crippen molar-refractivity contribution in [2.75, 3.05) is 37.7 Å². The van der Waals surface area contributed by atoms with Crippen LogP contribution in [0.2, 0.25) is 0 Å². The van der Waals surface area contributed by atoms with Crippen LogP contribution in [0.25, 0.3) is 0 Å². The van der Waals surface area contributed by atoms with Gasteiger partial charge in [-0.05, 0) is 43.9 Å². The Hall–Kier alpha value is -2.33. The molecule has 0 aliphatic carbocycles. The monoisotopic (exact) mass is 366 g/mol. The molecule has 1 aliphatic rings. The van der Waals surface area contributed by atoms with Crippen molar-refractivity contribution >= 4 is 11.6 Å². The van der Waals surface area contributed by atoms with Crippen LogP contribution < -0.4 is 10.2 Å². The number of para-hydroxylation sites is 1. The SMILES string of the molecule is CCN(CCCNC(=O)C1(c2ccccc2)CCOCC1)c1ccccc1. The Morgan fingerprint density at radius 2 is 1.67 bits per heavy atom. The lowest BCUT2D eigenvalue weighted by molar-refractivity contribution is -0.130. The molecule has 144 valence electrons. The first-order valence-electron chi connectivity index (χ1n) is 9.98. The van der Waals surface area contributed by atoms with Crippen molar-refractivity contribution in [3.05, 3.63) is 66.2 Å². The molecule has 0 unspecified atom stereocenters. The Labute approximate surface area is 162 Å². The first-order chi connectivity index (χ1) is 13.3. The number of ether oxygens (including phenoxy) is 1. The second-order valence-electron chi connectivity index (χ2n) is 7.09. The van der Waals surface area contributed by atoms with E-state index in [0.717, 1.165) is 37.9 Å². The largest absolute Gasteiger partial charge is 0.381 e. The first-order valence-corrected chi connectivity index (χ1v) is 9.98. The number of hydrogen-bond acceptors (Lipinski definition) is 3. The molecule has 0 bridgehead atoms.